The van der Waals surface area contributed by atoms with E-state index in [1.165, 1.54) is 0 Å². The fraction of sp³-hybridized carbons (Fsp3) is 0.737. The Kier molecular flexibility index (Phi) is 10.7. The van der Waals surface area contributed by atoms with Crippen LogP contribution in [0.1, 0.15) is 58.3 Å². The van der Waals surface area contributed by atoms with Crippen LogP contribution in [0, 0.1) is 16.7 Å². The maximum Gasteiger partial charge on any atom is 0.306 e. The Morgan fingerprint density at radius 2 is 1.06 bits per heavy atom. The molecule has 13 nitrogen and oxygen atoms in total. The molecule has 0 aliphatic rings. The van der Waals surface area contributed by atoms with Gasteiger partial charge in [0.05, 0.1) is 37.8 Å². The predicted molar refractivity (Wildman–Crippen MR) is 109 cm³/mol. The minimum atomic E-state index is -2.57. The molecule has 0 rings (SSSR count). The summed E-state index contributed by atoms with van der Waals surface area (Å²) in [5, 5.41) is 47.7. The van der Waals surface area contributed by atoms with Gasteiger partial charge in [-0.15, -0.1) is 0 Å². The summed E-state index contributed by atoms with van der Waals surface area (Å²) < 4.78 is 0. The maximum atomic E-state index is 11.8. The molecule has 0 aromatic rings. The molecule has 0 aromatic heterocycles. The average molecular weight is 463 g/mol. The number of carboxylic acid groups (broad SMARTS) is 5. The molecule has 11 N–H and O–H groups in total. The van der Waals surface area contributed by atoms with Crippen LogP contribution >= 0.6 is 0 Å². The van der Waals surface area contributed by atoms with Gasteiger partial charge in [0.25, 0.3) is 0 Å². The number of hydrogen-bond acceptors (Lipinski definition) is 8. The summed E-state index contributed by atoms with van der Waals surface area (Å²) >= 11 is 0. The van der Waals surface area contributed by atoms with Crippen molar-refractivity contribution in [2.45, 2.75) is 64.0 Å². The number of aliphatic carboxylic acids is 5. The van der Waals surface area contributed by atoms with Crippen LogP contribution in [-0.4, -0.2) is 67.6 Å². The number of nitrogens with two attached hydrogens (primary N) is 3. The first-order valence-corrected chi connectivity index (χ1v) is 9.91. The van der Waals surface area contributed by atoms with Gasteiger partial charge in [0.15, 0.2) is 0 Å². The fourth-order valence-electron chi connectivity index (χ4n) is 4.54. The third kappa shape index (κ3) is 7.73. The summed E-state index contributed by atoms with van der Waals surface area (Å²) in [6.45, 7) is 2.03. The largest absolute Gasteiger partial charge is 0.481 e. The molecule has 0 bridgehead atoms. The standard InChI is InChI=1S/C19H33N3O10/c1-11(3-5-20)2-4-17(6-12(23)24,7-13(25)26)18(8-14(27)28,9-15(29)30)19(21,22)10-16(31)32/h11H,2-10,20-22H2,1H3,(H,23,24)(H,25,26)(H,27,28)(H,29,30)(H,31,32). The quantitative estimate of drug-likeness (QED) is 0.129. The normalized spacial score (nSPS) is 13.4. The van der Waals surface area contributed by atoms with Crippen molar-refractivity contribution in [1.82, 2.24) is 0 Å². The van der Waals surface area contributed by atoms with Gasteiger partial charge in [0.2, 0.25) is 0 Å². The van der Waals surface area contributed by atoms with Gasteiger partial charge in [-0.25, -0.2) is 0 Å². The molecule has 0 spiro atoms. The lowest BCUT2D eigenvalue weighted by atomic mass is 9.49. The molecule has 0 saturated heterocycles. The van der Waals surface area contributed by atoms with E-state index >= 15 is 0 Å². The first-order valence-electron chi connectivity index (χ1n) is 9.91. The average Bonchev–Trinajstić information content (AvgIpc) is 2.56. The van der Waals surface area contributed by atoms with Crippen LogP contribution in [0.15, 0.2) is 0 Å². The van der Waals surface area contributed by atoms with E-state index in [4.69, 9.17) is 17.2 Å². The Labute approximate surface area is 184 Å². The highest BCUT2D eigenvalue weighted by Crippen LogP contribution is 2.58. The molecule has 0 heterocycles. The molecule has 13 heteroatoms. The zero-order valence-corrected chi connectivity index (χ0v) is 18.0. The van der Waals surface area contributed by atoms with Gasteiger partial charge < -0.3 is 42.7 Å². The molecule has 1 atom stereocenters. The van der Waals surface area contributed by atoms with Crippen LogP contribution < -0.4 is 17.2 Å². The number of rotatable bonds is 17. The van der Waals surface area contributed by atoms with Crippen molar-refractivity contribution in [2.75, 3.05) is 6.54 Å². The van der Waals surface area contributed by atoms with Crippen molar-refractivity contribution in [3.63, 3.8) is 0 Å². The van der Waals surface area contributed by atoms with Gasteiger partial charge in [-0.1, -0.05) is 13.3 Å². The molecular formula is C19H33N3O10. The summed E-state index contributed by atoms with van der Waals surface area (Å²) in [6.07, 6.45) is -5.02. The third-order valence-electron chi connectivity index (χ3n) is 6.01. The van der Waals surface area contributed by atoms with Crippen LogP contribution in [0.25, 0.3) is 0 Å². The minimum Gasteiger partial charge on any atom is -0.481 e. The first-order chi connectivity index (χ1) is 14.5. The Morgan fingerprint density at radius 3 is 1.38 bits per heavy atom. The lowest BCUT2D eigenvalue weighted by molar-refractivity contribution is -0.173. The number of carbonyl (C=O) groups is 5. The lowest BCUT2D eigenvalue weighted by Crippen LogP contribution is -2.70. The van der Waals surface area contributed by atoms with E-state index < -0.39 is 78.4 Å². The molecule has 1 unspecified atom stereocenters. The molecule has 0 saturated carbocycles. The van der Waals surface area contributed by atoms with Gasteiger partial charge in [0.1, 0.15) is 0 Å². The fourth-order valence-corrected chi connectivity index (χ4v) is 4.54. The SMILES string of the molecule is CC(CCN)CCC(CC(=O)O)(CC(=O)O)C(CC(=O)O)(CC(=O)O)C(N)(N)CC(=O)O. The summed E-state index contributed by atoms with van der Waals surface area (Å²) in [5.41, 5.74) is 10.5. The summed E-state index contributed by atoms with van der Waals surface area (Å²) in [5.74, 6) is -8.09. The second-order valence-electron chi connectivity index (χ2n) is 8.48. The highest BCUT2D eigenvalue weighted by atomic mass is 16.4. The third-order valence-corrected chi connectivity index (χ3v) is 6.01. The van der Waals surface area contributed by atoms with E-state index in [9.17, 15) is 49.5 Å². The molecule has 0 radical (unpaired) electrons. The van der Waals surface area contributed by atoms with Crippen LogP contribution in [0.2, 0.25) is 0 Å². The smallest absolute Gasteiger partial charge is 0.306 e. The van der Waals surface area contributed by atoms with Crippen molar-refractivity contribution in [2.24, 2.45) is 33.9 Å². The van der Waals surface area contributed by atoms with Crippen LogP contribution in [0.5, 0.6) is 0 Å². The first kappa shape index (κ1) is 29.2. The van der Waals surface area contributed by atoms with E-state index in [1.54, 1.807) is 6.92 Å². The molecule has 0 fully saturated rings. The zero-order chi connectivity index (χ0) is 25.3. The second kappa shape index (κ2) is 11.7. The van der Waals surface area contributed by atoms with E-state index in [0.29, 0.717) is 6.42 Å². The van der Waals surface area contributed by atoms with Gasteiger partial charge in [-0.05, 0) is 25.3 Å². The van der Waals surface area contributed by atoms with Crippen LogP contribution in [-0.2, 0) is 24.0 Å². The van der Waals surface area contributed by atoms with Gasteiger partial charge >= 0.3 is 29.8 Å². The van der Waals surface area contributed by atoms with Crippen LogP contribution in [0.4, 0.5) is 0 Å². The Balaban J connectivity index is 7.20. The lowest BCUT2D eigenvalue weighted by Gasteiger charge is -2.56. The molecule has 0 aromatic carbocycles. The highest BCUT2D eigenvalue weighted by Gasteiger charge is 2.63. The minimum absolute atomic E-state index is 0.154. The van der Waals surface area contributed by atoms with Crippen LogP contribution in [0.3, 0.4) is 0 Å². The second-order valence-corrected chi connectivity index (χ2v) is 8.48. The molecular weight excluding hydrogens is 430 g/mol. The van der Waals surface area contributed by atoms with Crippen molar-refractivity contribution in [3.05, 3.63) is 0 Å². The Hall–Kier alpha value is -2.77. The Bertz CT molecular complexity index is 690. The molecule has 0 amide bonds. The molecule has 32 heavy (non-hydrogen) atoms. The Morgan fingerprint density at radius 1 is 0.688 bits per heavy atom. The summed E-state index contributed by atoms with van der Waals surface area (Å²) in [4.78, 5) is 58.8. The predicted octanol–water partition coefficient (Wildman–Crippen LogP) is -0.288. The number of hydrogen-bond donors (Lipinski definition) is 8. The van der Waals surface area contributed by atoms with E-state index in [0.717, 1.165) is 0 Å². The monoisotopic (exact) mass is 463 g/mol. The molecule has 184 valence electrons. The van der Waals surface area contributed by atoms with Crippen molar-refractivity contribution in [3.8, 4) is 0 Å². The molecule has 0 aliphatic heterocycles. The van der Waals surface area contributed by atoms with Crippen molar-refractivity contribution < 1.29 is 49.5 Å². The highest BCUT2D eigenvalue weighted by molar-refractivity contribution is 5.77. The summed E-state index contributed by atoms with van der Waals surface area (Å²) in [6, 6.07) is 0. The van der Waals surface area contributed by atoms with E-state index in [-0.39, 0.29) is 25.3 Å². The van der Waals surface area contributed by atoms with Gasteiger partial charge in [-0.3, -0.25) is 24.0 Å². The number of carboxylic acids is 5. The van der Waals surface area contributed by atoms with Crippen molar-refractivity contribution >= 4 is 29.8 Å². The van der Waals surface area contributed by atoms with E-state index in [2.05, 4.69) is 0 Å². The zero-order valence-electron chi connectivity index (χ0n) is 18.0. The maximum absolute atomic E-state index is 11.8. The van der Waals surface area contributed by atoms with Gasteiger partial charge in [-0.2, -0.15) is 0 Å². The van der Waals surface area contributed by atoms with Gasteiger partial charge in [0, 0.05) is 10.8 Å². The summed E-state index contributed by atoms with van der Waals surface area (Å²) in [7, 11) is 0. The molecule has 0 aliphatic carbocycles. The van der Waals surface area contributed by atoms with E-state index in [1.807, 2.05) is 0 Å². The van der Waals surface area contributed by atoms with Crippen molar-refractivity contribution in [1.29, 1.82) is 0 Å². The topological polar surface area (TPSA) is 265 Å².